The molecule has 0 unspecified atom stereocenters. The number of nitrogens with zero attached hydrogens (tertiary/aromatic N) is 3. The normalized spacial score (nSPS) is 11.1. The first-order chi connectivity index (χ1) is 14.1. The van der Waals surface area contributed by atoms with E-state index in [0.717, 1.165) is 15.4 Å². The molecule has 0 aliphatic carbocycles. The first kappa shape index (κ1) is 18.9. The molecule has 3 heterocycles. The van der Waals surface area contributed by atoms with Gasteiger partial charge in [0.05, 0.1) is 10.6 Å². The Balaban J connectivity index is 1.58. The maximum atomic E-state index is 12.0. The van der Waals surface area contributed by atoms with Gasteiger partial charge in [-0.05, 0) is 42.5 Å². The molecule has 0 spiro atoms. The molecule has 1 amide bonds. The minimum atomic E-state index is -0.643. The zero-order valence-corrected chi connectivity index (χ0v) is 16.5. The molecule has 0 saturated carbocycles. The molecule has 0 aliphatic rings. The van der Waals surface area contributed by atoms with Crippen LogP contribution in [0.15, 0.2) is 65.8 Å². The lowest BCUT2D eigenvalue weighted by Crippen LogP contribution is -2.12. The topological polar surface area (TPSA) is 109 Å². The SMILES string of the molecule is NC(=O)c1c(Nc2cccc(Cl)c2)n[nH]c1/N=C/c1ccc(-c2ccccn2)s1. The molecule has 0 radical (unpaired) electrons. The summed E-state index contributed by atoms with van der Waals surface area (Å²) in [6.07, 6.45) is 3.40. The maximum Gasteiger partial charge on any atom is 0.256 e. The zero-order valence-electron chi connectivity index (χ0n) is 15.0. The Morgan fingerprint density at radius 2 is 2.10 bits per heavy atom. The number of pyridine rings is 1. The van der Waals surface area contributed by atoms with Crippen molar-refractivity contribution >= 4 is 52.4 Å². The number of aromatic amines is 1. The second kappa shape index (κ2) is 8.26. The van der Waals surface area contributed by atoms with Gasteiger partial charge in [0.2, 0.25) is 0 Å². The van der Waals surface area contributed by atoms with Gasteiger partial charge in [0, 0.05) is 28.0 Å². The molecule has 0 saturated heterocycles. The van der Waals surface area contributed by atoms with E-state index in [9.17, 15) is 4.79 Å². The van der Waals surface area contributed by atoms with Gasteiger partial charge in [0.25, 0.3) is 5.91 Å². The maximum absolute atomic E-state index is 12.0. The van der Waals surface area contributed by atoms with Crippen LogP contribution in [-0.4, -0.2) is 27.3 Å². The van der Waals surface area contributed by atoms with Crippen LogP contribution in [0, 0.1) is 0 Å². The number of nitrogens with two attached hydrogens (primary N) is 1. The summed E-state index contributed by atoms with van der Waals surface area (Å²) in [6, 6.07) is 16.7. The van der Waals surface area contributed by atoms with Crippen molar-refractivity contribution in [1.29, 1.82) is 0 Å². The van der Waals surface area contributed by atoms with Crippen molar-refractivity contribution in [3.05, 3.63) is 76.3 Å². The summed E-state index contributed by atoms with van der Waals surface area (Å²) in [5.41, 5.74) is 7.29. The molecule has 9 heteroatoms. The smallest absolute Gasteiger partial charge is 0.256 e. The fraction of sp³-hybridized carbons (Fsp3) is 0. The molecule has 144 valence electrons. The lowest BCUT2D eigenvalue weighted by Gasteiger charge is -2.04. The highest BCUT2D eigenvalue weighted by Gasteiger charge is 2.18. The summed E-state index contributed by atoms with van der Waals surface area (Å²) in [4.78, 5) is 22.6. The minimum absolute atomic E-state index is 0.169. The van der Waals surface area contributed by atoms with Gasteiger partial charge >= 0.3 is 0 Å². The third-order valence-electron chi connectivity index (χ3n) is 3.95. The highest BCUT2D eigenvalue weighted by molar-refractivity contribution is 7.17. The Hall–Kier alpha value is -3.49. The van der Waals surface area contributed by atoms with E-state index in [4.69, 9.17) is 17.3 Å². The van der Waals surface area contributed by atoms with Crippen LogP contribution in [0.5, 0.6) is 0 Å². The highest BCUT2D eigenvalue weighted by atomic mass is 35.5. The molecule has 0 bridgehead atoms. The first-order valence-corrected chi connectivity index (χ1v) is 9.75. The summed E-state index contributed by atoms with van der Waals surface area (Å²) in [6.45, 7) is 0. The van der Waals surface area contributed by atoms with Crippen LogP contribution in [-0.2, 0) is 0 Å². The molecular formula is C20H15ClN6OS. The van der Waals surface area contributed by atoms with Crippen LogP contribution in [0.1, 0.15) is 15.2 Å². The number of rotatable bonds is 6. The van der Waals surface area contributed by atoms with Gasteiger partial charge < -0.3 is 11.1 Å². The number of halogens is 1. The van der Waals surface area contributed by atoms with E-state index in [0.29, 0.717) is 10.7 Å². The first-order valence-electron chi connectivity index (χ1n) is 8.56. The molecule has 29 heavy (non-hydrogen) atoms. The largest absolute Gasteiger partial charge is 0.365 e. The van der Waals surface area contributed by atoms with Gasteiger partial charge in [-0.25, -0.2) is 4.99 Å². The lowest BCUT2D eigenvalue weighted by molar-refractivity contribution is 0.100. The van der Waals surface area contributed by atoms with E-state index in [1.807, 2.05) is 30.3 Å². The van der Waals surface area contributed by atoms with Crippen molar-refractivity contribution < 1.29 is 4.79 Å². The van der Waals surface area contributed by atoms with Crippen LogP contribution in [0.4, 0.5) is 17.3 Å². The number of H-pyrrole nitrogens is 1. The van der Waals surface area contributed by atoms with Crippen molar-refractivity contribution in [1.82, 2.24) is 15.2 Å². The number of nitrogens with one attached hydrogen (secondary N) is 2. The molecular weight excluding hydrogens is 408 g/mol. The van der Waals surface area contributed by atoms with Crippen molar-refractivity contribution in [2.75, 3.05) is 5.32 Å². The second-order valence-corrected chi connectivity index (χ2v) is 7.52. The molecule has 4 rings (SSSR count). The Labute approximate surface area is 175 Å². The number of primary amides is 1. The van der Waals surface area contributed by atoms with E-state index in [1.165, 1.54) is 11.3 Å². The van der Waals surface area contributed by atoms with E-state index >= 15 is 0 Å². The third-order valence-corrected chi connectivity index (χ3v) is 5.22. The van der Waals surface area contributed by atoms with Crippen molar-refractivity contribution in [3.8, 4) is 10.6 Å². The van der Waals surface area contributed by atoms with E-state index < -0.39 is 5.91 Å². The van der Waals surface area contributed by atoms with E-state index in [1.54, 1.807) is 36.7 Å². The Morgan fingerprint density at radius 3 is 2.86 bits per heavy atom. The number of benzene rings is 1. The average Bonchev–Trinajstić information content (AvgIpc) is 3.34. The van der Waals surface area contributed by atoms with E-state index in [-0.39, 0.29) is 17.2 Å². The Bertz CT molecular complexity index is 1180. The molecule has 0 fully saturated rings. The Kier molecular flexibility index (Phi) is 5.37. The summed E-state index contributed by atoms with van der Waals surface area (Å²) in [7, 11) is 0. The molecule has 0 aliphatic heterocycles. The predicted molar refractivity (Wildman–Crippen MR) is 117 cm³/mol. The third kappa shape index (κ3) is 4.34. The number of carbonyl (C=O) groups excluding carboxylic acids is 1. The van der Waals surface area contributed by atoms with Crippen molar-refractivity contribution in [2.45, 2.75) is 0 Å². The molecule has 0 atom stereocenters. The van der Waals surface area contributed by atoms with Gasteiger partial charge in [0.15, 0.2) is 11.6 Å². The second-order valence-electron chi connectivity index (χ2n) is 5.97. The summed E-state index contributed by atoms with van der Waals surface area (Å²) < 4.78 is 0. The quantitative estimate of drug-likeness (QED) is 0.388. The van der Waals surface area contributed by atoms with Gasteiger partial charge in [-0.1, -0.05) is 23.7 Å². The van der Waals surface area contributed by atoms with Gasteiger partial charge in [0.1, 0.15) is 5.56 Å². The van der Waals surface area contributed by atoms with Crippen molar-refractivity contribution in [2.24, 2.45) is 10.7 Å². The fourth-order valence-corrected chi connectivity index (χ4v) is 3.70. The number of thiophene rings is 1. The number of hydrogen-bond acceptors (Lipinski definition) is 6. The summed E-state index contributed by atoms with van der Waals surface area (Å²) in [5.74, 6) is -0.0853. The lowest BCUT2D eigenvalue weighted by atomic mass is 10.2. The molecule has 1 aromatic carbocycles. The fourth-order valence-electron chi connectivity index (χ4n) is 2.65. The number of aliphatic imine (C=N–C) groups is 1. The molecule has 3 aromatic heterocycles. The molecule has 7 nitrogen and oxygen atoms in total. The standard InChI is InChI=1S/C20H15ClN6OS/c21-12-4-3-5-13(10-12)25-20-17(18(22)28)19(26-27-20)24-11-14-7-8-16(29-14)15-6-1-2-9-23-15/h1-11H,(H2,22,28)(H2,25,26,27)/b24-11+. The van der Waals surface area contributed by atoms with Gasteiger partial charge in [-0.3, -0.25) is 14.9 Å². The number of aromatic nitrogens is 3. The monoisotopic (exact) mass is 422 g/mol. The minimum Gasteiger partial charge on any atom is -0.365 e. The summed E-state index contributed by atoms with van der Waals surface area (Å²) in [5, 5.41) is 10.5. The number of amides is 1. The molecule has 4 aromatic rings. The number of carbonyl (C=O) groups is 1. The van der Waals surface area contributed by atoms with Gasteiger partial charge in [-0.15, -0.1) is 11.3 Å². The van der Waals surface area contributed by atoms with Crippen LogP contribution < -0.4 is 11.1 Å². The number of hydrogen-bond donors (Lipinski definition) is 3. The average molecular weight is 423 g/mol. The van der Waals surface area contributed by atoms with Crippen molar-refractivity contribution in [3.63, 3.8) is 0 Å². The Morgan fingerprint density at radius 1 is 1.21 bits per heavy atom. The summed E-state index contributed by atoms with van der Waals surface area (Å²) >= 11 is 7.53. The number of anilines is 2. The van der Waals surface area contributed by atoms with Crippen LogP contribution in [0.2, 0.25) is 5.02 Å². The van der Waals surface area contributed by atoms with Crippen LogP contribution >= 0.6 is 22.9 Å². The van der Waals surface area contributed by atoms with Gasteiger partial charge in [-0.2, -0.15) is 5.10 Å². The van der Waals surface area contributed by atoms with E-state index in [2.05, 4.69) is 25.5 Å². The highest BCUT2D eigenvalue weighted by Crippen LogP contribution is 2.29. The van der Waals surface area contributed by atoms with Crippen LogP contribution in [0.3, 0.4) is 0 Å². The van der Waals surface area contributed by atoms with Crippen LogP contribution in [0.25, 0.3) is 10.6 Å². The zero-order chi connectivity index (χ0) is 20.2. The molecule has 4 N–H and O–H groups in total. The predicted octanol–water partition coefficient (Wildman–Crippen LogP) is 4.78.